The quantitative estimate of drug-likeness (QED) is 0.0237. The van der Waals surface area contributed by atoms with Gasteiger partial charge < -0.3 is 20.9 Å². The van der Waals surface area contributed by atoms with Gasteiger partial charge in [-0.25, -0.2) is 0 Å². The lowest BCUT2D eigenvalue weighted by atomic mass is 10.00. The summed E-state index contributed by atoms with van der Waals surface area (Å²) in [6, 6.07) is 13.6. The van der Waals surface area contributed by atoms with Crippen molar-refractivity contribution in [2.45, 2.75) is 68.4 Å². The molecule has 19 heteroatoms. The van der Waals surface area contributed by atoms with E-state index in [1.165, 1.54) is 22.7 Å². The smallest absolute Gasteiger partial charge is 0.296 e. The molecule has 1 aliphatic heterocycles. The highest BCUT2D eigenvalue weighted by atomic mass is 32.2. The zero-order valence-electron chi connectivity index (χ0n) is 32.3. The van der Waals surface area contributed by atoms with E-state index in [1.807, 2.05) is 25.1 Å². The van der Waals surface area contributed by atoms with E-state index in [0.717, 1.165) is 35.6 Å². The van der Waals surface area contributed by atoms with E-state index in [1.54, 1.807) is 25.1 Å². The number of nitrogen functional groups attached to an aromatic ring is 1. The molecule has 0 bridgehead atoms. The number of thioether (sulfide) groups is 1. The molecule has 0 spiro atoms. The van der Waals surface area contributed by atoms with E-state index in [2.05, 4.69) is 29.4 Å². The molecular weight excluding hydrogens is 811 g/mol. The molecule has 16 nitrogen and oxygen atoms in total. The molecule has 1 atom stereocenters. The Balaban J connectivity index is 1.20. The fraction of sp³-hybridized carbons (Fsp3) is 0.359. The molecule has 1 aliphatic rings. The van der Waals surface area contributed by atoms with Gasteiger partial charge in [0, 0.05) is 43.7 Å². The normalized spacial score (nSPS) is 15.0. The second-order valence-corrected chi connectivity index (χ2v) is 18.3. The van der Waals surface area contributed by atoms with Gasteiger partial charge in [0.2, 0.25) is 17.7 Å². The van der Waals surface area contributed by atoms with Crippen molar-refractivity contribution < 1.29 is 50.2 Å². The van der Waals surface area contributed by atoms with Crippen LogP contribution in [-0.2, 0) is 39.4 Å². The van der Waals surface area contributed by atoms with Gasteiger partial charge >= 0.3 is 0 Å². The van der Waals surface area contributed by atoms with Crippen molar-refractivity contribution in [3.05, 3.63) is 65.7 Å². The maximum atomic E-state index is 12.9. The van der Waals surface area contributed by atoms with Crippen LogP contribution in [0, 0.1) is 19.8 Å². The number of imide groups is 1. The zero-order valence-corrected chi connectivity index (χ0v) is 34.7. The number of nitrogens with two attached hydrogens (primary N) is 1. The molecule has 1 heterocycles. The summed E-state index contributed by atoms with van der Waals surface area (Å²) >= 11 is 1.45. The average Bonchev–Trinajstić information content (AvgIpc) is 3.40. The molecule has 3 amide bonds. The third kappa shape index (κ3) is 10.6. The largest absolute Gasteiger partial charge is 0.505 e. The predicted molar refractivity (Wildman–Crippen MR) is 221 cm³/mol. The molecule has 5 rings (SSSR count). The number of hydrogen-bond donors (Lipinski definition) is 5. The summed E-state index contributed by atoms with van der Waals surface area (Å²) < 4.78 is 72.8. The minimum atomic E-state index is -5.06. The van der Waals surface area contributed by atoms with Gasteiger partial charge in [0.25, 0.3) is 20.2 Å². The van der Waals surface area contributed by atoms with Crippen LogP contribution in [0.3, 0.4) is 0 Å². The second kappa shape index (κ2) is 18.3. The molecule has 58 heavy (non-hydrogen) atoms. The number of phenolic OH excluding ortho intramolecular Hbond substituents is 1. The molecule has 0 aromatic heterocycles. The number of fused-ring (bicyclic) bond motifs is 1. The minimum absolute atomic E-state index is 0.00253. The van der Waals surface area contributed by atoms with Crippen LogP contribution < -0.4 is 11.1 Å². The summed E-state index contributed by atoms with van der Waals surface area (Å²) in [7, 11) is -10.1. The first kappa shape index (κ1) is 44.2. The molecule has 310 valence electrons. The molecule has 6 N–H and O–H groups in total. The number of aryl methyl sites for hydroxylation is 2. The van der Waals surface area contributed by atoms with Crippen LogP contribution in [0.5, 0.6) is 5.75 Å². The first-order valence-electron chi connectivity index (χ1n) is 18.3. The van der Waals surface area contributed by atoms with Gasteiger partial charge in [-0.1, -0.05) is 32.0 Å². The second-order valence-electron chi connectivity index (χ2n) is 14.2. The van der Waals surface area contributed by atoms with Gasteiger partial charge in [-0.15, -0.1) is 16.9 Å². The number of carbonyl (C=O) groups excluding carboxylic acids is 3. The number of nitrogens with one attached hydrogen (secondary N) is 1. The number of hydrogen-bond acceptors (Lipinski definition) is 13. The number of azo groups is 1. The summed E-state index contributed by atoms with van der Waals surface area (Å²) in [5.41, 5.74) is 9.09. The van der Waals surface area contributed by atoms with Crippen molar-refractivity contribution in [3.8, 4) is 16.9 Å². The Kier molecular flexibility index (Phi) is 14.0. The van der Waals surface area contributed by atoms with Gasteiger partial charge in [0.1, 0.15) is 15.5 Å². The Morgan fingerprint density at radius 3 is 2.21 bits per heavy atom. The summed E-state index contributed by atoms with van der Waals surface area (Å²) in [4.78, 5) is 37.6. The van der Waals surface area contributed by atoms with Gasteiger partial charge in [-0.05, 0) is 97.0 Å². The summed E-state index contributed by atoms with van der Waals surface area (Å²) in [5.74, 6) is -0.340. The Hall–Kier alpha value is -4.92. The van der Waals surface area contributed by atoms with Gasteiger partial charge in [0.05, 0.1) is 22.0 Å². The number of phenols is 1. The zero-order chi connectivity index (χ0) is 42.5. The molecule has 4 aromatic carbocycles. The van der Waals surface area contributed by atoms with Crippen molar-refractivity contribution in [1.29, 1.82) is 0 Å². The molecule has 4 aromatic rings. The van der Waals surface area contributed by atoms with Crippen LogP contribution in [0.15, 0.2) is 74.6 Å². The van der Waals surface area contributed by atoms with Crippen LogP contribution in [-0.4, -0.2) is 84.4 Å². The van der Waals surface area contributed by atoms with Gasteiger partial charge in [-0.2, -0.15) is 21.9 Å². The van der Waals surface area contributed by atoms with Crippen LogP contribution in [0.2, 0.25) is 0 Å². The van der Waals surface area contributed by atoms with Gasteiger partial charge in [-0.3, -0.25) is 28.4 Å². The molecular formula is C39H45N5O11S3. The van der Waals surface area contributed by atoms with Crippen LogP contribution in [0.25, 0.3) is 21.9 Å². The average molecular weight is 856 g/mol. The number of likely N-dealkylation sites (tertiary alicyclic amines) is 1. The van der Waals surface area contributed by atoms with E-state index in [-0.39, 0.29) is 48.2 Å². The van der Waals surface area contributed by atoms with Crippen molar-refractivity contribution in [2.75, 3.05) is 36.6 Å². The topological polar surface area (TPSA) is 255 Å². The minimum Gasteiger partial charge on any atom is -0.505 e. The molecule has 1 unspecified atom stereocenters. The third-order valence-corrected chi connectivity index (χ3v) is 12.5. The number of aromatic hydroxyl groups is 1. The number of anilines is 2. The summed E-state index contributed by atoms with van der Waals surface area (Å²) in [5, 5.41) is 20.9. The molecule has 1 fully saturated rings. The third-order valence-electron chi connectivity index (χ3n) is 9.43. The Labute approximate surface area is 340 Å². The maximum Gasteiger partial charge on any atom is 0.296 e. The fourth-order valence-electron chi connectivity index (χ4n) is 6.25. The number of carbonyl (C=O) groups is 3. The van der Waals surface area contributed by atoms with E-state index < -0.39 is 52.1 Å². The van der Waals surface area contributed by atoms with E-state index in [9.17, 15) is 45.4 Å². The van der Waals surface area contributed by atoms with Crippen molar-refractivity contribution in [3.63, 3.8) is 0 Å². The summed E-state index contributed by atoms with van der Waals surface area (Å²) in [6.07, 6.45) is 1.86. The number of benzene rings is 4. The highest BCUT2D eigenvalue weighted by molar-refractivity contribution is 8.00. The lowest BCUT2D eigenvalue weighted by molar-refractivity contribution is -0.138. The van der Waals surface area contributed by atoms with Crippen molar-refractivity contribution in [1.82, 2.24) is 4.90 Å². The molecule has 0 saturated carbocycles. The first-order valence-corrected chi connectivity index (χ1v) is 22.2. The van der Waals surface area contributed by atoms with Crippen molar-refractivity contribution in [2.24, 2.45) is 16.1 Å². The predicted octanol–water partition coefficient (Wildman–Crippen LogP) is 6.96. The fourth-order valence-corrected chi connectivity index (χ4v) is 8.79. The Bertz CT molecular complexity index is 2510. The monoisotopic (exact) mass is 855 g/mol. The van der Waals surface area contributed by atoms with E-state index in [4.69, 9.17) is 10.5 Å². The standard InChI is InChI=1S/C39H45N5O11S3/c1-22(2)13-16-55-15-5-17-56-31-20-35(46)44(39(31)48)14-12-34(45)41-28-9-6-25(18-23(28)3)26-7-10-29(24(4)19-26)42-43-30-11-8-27-32(57(49,50)51)21-33(58(52,53)54)37(40)36(27)38(30)47/h6-11,18-19,21-22,31,47H,5,12-17,20,40H2,1-4H3,(H,41,45)(H,49,50,51)(H,52,53,54). The number of ether oxygens (including phenoxy) is 1. The number of amides is 3. The summed E-state index contributed by atoms with van der Waals surface area (Å²) in [6.45, 7) is 9.20. The van der Waals surface area contributed by atoms with Gasteiger partial charge in [0.15, 0.2) is 5.75 Å². The highest BCUT2D eigenvalue weighted by Gasteiger charge is 2.38. The van der Waals surface area contributed by atoms with Crippen LogP contribution in [0.1, 0.15) is 50.7 Å². The lowest BCUT2D eigenvalue weighted by Crippen LogP contribution is -2.34. The highest BCUT2D eigenvalue weighted by Crippen LogP contribution is 2.44. The molecule has 0 radical (unpaired) electrons. The van der Waals surface area contributed by atoms with Crippen LogP contribution >= 0.6 is 11.8 Å². The van der Waals surface area contributed by atoms with E-state index >= 15 is 0 Å². The van der Waals surface area contributed by atoms with Crippen LogP contribution in [0.4, 0.5) is 22.7 Å². The Morgan fingerprint density at radius 2 is 1.57 bits per heavy atom. The lowest BCUT2D eigenvalue weighted by Gasteiger charge is -2.15. The number of rotatable bonds is 17. The Morgan fingerprint density at radius 1 is 0.931 bits per heavy atom. The maximum absolute atomic E-state index is 12.9. The molecule has 1 saturated heterocycles. The number of nitrogens with zero attached hydrogens (tertiary/aromatic N) is 3. The van der Waals surface area contributed by atoms with Crippen molar-refractivity contribution >= 4 is 83.2 Å². The molecule has 0 aliphatic carbocycles. The van der Waals surface area contributed by atoms with E-state index in [0.29, 0.717) is 47.9 Å². The SMILES string of the molecule is Cc1cc(-c2ccc(NC(=O)CCN3C(=O)CC(SCCCOCCC(C)C)C3=O)c(C)c2)ccc1N=Nc1ccc2c(S(=O)(=O)O)cc(S(=O)(=O)O)c(N)c2c1O. The first-order chi connectivity index (χ1) is 27.3.